The molecule has 2 amide bonds. The summed E-state index contributed by atoms with van der Waals surface area (Å²) in [7, 11) is 0. The lowest BCUT2D eigenvalue weighted by Crippen LogP contribution is -2.41. The SMILES string of the molecule is CCOC(=O)N1CCC(C(=O)Nc2c(C)cc(C)cc2C)CC1. The Balaban J connectivity index is 1.95. The van der Waals surface area contributed by atoms with Gasteiger partial charge in [0, 0.05) is 24.7 Å². The fraction of sp³-hybridized carbons (Fsp3) is 0.556. The quantitative estimate of drug-likeness (QED) is 0.929. The molecule has 5 heteroatoms. The first-order valence-corrected chi connectivity index (χ1v) is 8.22. The molecule has 0 aromatic heterocycles. The van der Waals surface area contributed by atoms with Crippen LogP contribution >= 0.6 is 0 Å². The van der Waals surface area contributed by atoms with E-state index in [2.05, 4.69) is 24.4 Å². The van der Waals surface area contributed by atoms with E-state index in [9.17, 15) is 9.59 Å². The van der Waals surface area contributed by atoms with Crippen LogP contribution in [-0.2, 0) is 9.53 Å². The molecule has 1 fully saturated rings. The van der Waals surface area contributed by atoms with E-state index in [1.807, 2.05) is 13.8 Å². The van der Waals surface area contributed by atoms with Gasteiger partial charge in [-0.3, -0.25) is 4.79 Å². The molecule has 2 rings (SSSR count). The fourth-order valence-electron chi connectivity index (χ4n) is 3.14. The van der Waals surface area contributed by atoms with Gasteiger partial charge in [-0.1, -0.05) is 17.7 Å². The smallest absolute Gasteiger partial charge is 0.409 e. The van der Waals surface area contributed by atoms with E-state index < -0.39 is 0 Å². The van der Waals surface area contributed by atoms with Gasteiger partial charge in [0.15, 0.2) is 0 Å². The van der Waals surface area contributed by atoms with Crippen LogP contribution in [0.25, 0.3) is 0 Å². The monoisotopic (exact) mass is 318 g/mol. The largest absolute Gasteiger partial charge is 0.450 e. The van der Waals surface area contributed by atoms with Crippen molar-refractivity contribution in [1.29, 1.82) is 0 Å². The molecule has 0 spiro atoms. The molecule has 1 aromatic carbocycles. The van der Waals surface area contributed by atoms with Gasteiger partial charge in [0.25, 0.3) is 0 Å². The number of carbonyl (C=O) groups is 2. The highest BCUT2D eigenvalue weighted by Gasteiger charge is 2.28. The maximum absolute atomic E-state index is 12.5. The lowest BCUT2D eigenvalue weighted by molar-refractivity contribution is -0.121. The molecule has 1 N–H and O–H groups in total. The minimum absolute atomic E-state index is 0.0450. The Morgan fingerprint density at radius 1 is 1.17 bits per heavy atom. The number of ether oxygens (including phenoxy) is 1. The molecule has 23 heavy (non-hydrogen) atoms. The van der Waals surface area contributed by atoms with E-state index in [1.165, 1.54) is 5.56 Å². The first-order chi connectivity index (χ1) is 10.9. The van der Waals surface area contributed by atoms with Crippen molar-refractivity contribution in [3.8, 4) is 0 Å². The number of piperidine rings is 1. The van der Waals surface area contributed by atoms with E-state index in [1.54, 1.807) is 11.8 Å². The van der Waals surface area contributed by atoms with Gasteiger partial charge in [0.2, 0.25) is 5.91 Å². The number of carbonyl (C=O) groups excluding carboxylic acids is 2. The van der Waals surface area contributed by atoms with Gasteiger partial charge in [0.05, 0.1) is 6.61 Å². The standard InChI is InChI=1S/C18H26N2O3/c1-5-23-18(22)20-8-6-15(7-9-20)17(21)19-16-13(3)10-12(2)11-14(16)4/h10-11,15H,5-9H2,1-4H3,(H,19,21). The van der Waals surface area contributed by atoms with Crippen molar-refractivity contribution in [2.45, 2.75) is 40.5 Å². The second kappa shape index (κ2) is 7.49. The fourth-order valence-corrected chi connectivity index (χ4v) is 3.14. The van der Waals surface area contributed by atoms with E-state index in [-0.39, 0.29) is 17.9 Å². The highest BCUT2D eigenvalue weighted by Crippen LogP contribution is 2.25. The average Bonchev–Trinajstić information content (AvgIpc) is 2.51. The van der Waals surface area contributed by atoms with Crippen molar-refractivity contribution in [1.82, 2.24) is 4.90 Å². The molecule has 5 nitrogen and oxygen atoms in total. The van der Waals surface area contributed by atoms with Crippen molar-refractivity contribution in [2.24, 2.45) is 5.92 Å². The maximum Gasteiger partial charge on any atom is 0.409 e. The first-order valence-electron chi connectivity index (χ1n) is 8.22. The van der Waals surface area contributed by atoms with E-state index in [0.717, 1.165) is 16.8 Å². The summed E-state index contributed by atoms with van der Waals surface area (Å²) in [5.74, 6) is -0.00987. The Labute approximate surface area is 138 Å². The van der Waals surface area contributed by atoms with Gasteiger partial charge in [-0.25, -0.2) is 4.79 Å². The molecule has 0 bridgehead atoms. The molecule has 1 aliphatic heterocycles. The van der Waals surface area contributed by atoms with Crippen LogP contribution < -0.4 is 5.32 Å². The molecule has 0 unspecified atom stereocenters. The van der Waals surface area contributed by atoms with Gasteiger partial charge in [-0.15, -0.1) is 0 Å². The van der Waals surface area contributed by atoms with Crippen LogP contribution in [0.5, 0.6) is 0 Å². The Hall–Kier alpha value is -2.04. The third-order valence-electron chi connectivity index (χ3n) is 4.32. The normalized spacial score (nSPS) is 15.4. The minimum Gasteiger partial charge on any atom is -0.450 e. The summed E-state index contributed by atoms with van der Waals surface area (Å²) in [5.41, 5.74) is 4.27. The van der Waals surface area contributed by atoms with Crippen LogP contribution in [0.15, 0.2) is 12.1 Å². The number of benzene rings is 1. The Bertz CT molecular complexity index is 567. The molecule has 0 saturated carbocycles. The molecule has 0 radical (unpaired) electrons. The number of nitrogens with one attached hydrogen (secondary N) is 1. The Morgan fingerprint density at radius 2 is 1.74 bits per heavy atom. The van der Waals surface area contributed by atoms with Crippen molar-refractivity contribution in [3.05, 3.63) is 28.8 Å². The Kier molecular flexibility index (Phi) is 5.64. The summed E-state index contributed by atoms with van der Waals surface area (Å²) in [6.45, 7) is 9.40. The van der Waals surface area contributed by atoms with Crippen LogP contribution in [0.2, 0.25) is 0 Å². The van der Waals surface area contributed by atoms with Crippen LogP contribution in [0.3, 0.4) is 0 Å². The zero-order valence-corrected chi connectivity index (χ0v) is 14.4. The minimum atomic E-state index is -0.281. The first kappa shape index (κ1) is 17.3. The van der Waals surface area contributed by atoms with E-state index >= 15 is 0 Å². The van der Waals surface area contributed by atoms with Gasteiger partial charge < -0.3 is 15.0 Å². The molecule has 0 aliphatic carbocycles. The maximum atomic E-state index is 12.5. The van der Waals surface area contributed by atoms with Crippen molar-refractivity contribution >= 4 is 17.7 Å². The highest BCUT2D eigenvalue weighted by molar-refractivity contribution is 5.94. The summed E-state index contributed by atoms with van der Waals surface area (Å²) in [6.07, 6.45) is 1.07. The number of hydrogen-bond acceptors (Lipinski definition) is 3. The van der Waals surface area contributed by atoms with E-state index in [0.29, 0.717) is 32.5 Å². The molecule has 1 aliphatic rings. The lowest BCUT2D eigenvalue weighted by atomic mass is 9.95. The number of likely N-dealkylation sites (tertiary alicyclic amines) is 1. The topological polar surface area (TPSA) is 58.6 Å². The molecular formula is C18H26N2O3. The Morgan fingerprint density at radius 3 is 2.26 bits per heavy atom. The van der Waals surface area contributed by atoms with Gasteiger partial charge in [-0.05, 0) is 51.7 Å². The third-order valence-corrected chi connectivity index (χ3v) is 4.32. The number of rotatable bonds is 3. The summed E-state index contributed by atoms with van der Waals surface area (Å²) >= 11 is 0. The summed E-state index contributed by atoms with van der Waals surface area (Å²) < 4.78 is 5.00. The molecule has 1 saturated heterocycles. The average molecular weight is 318 g/mol. The highest BCUT2D eigenvalue weighted by atomic mass is 16.6. The molecule has 1 aromatic rings. The number of nitrogens with zero attached hydrogens (tertiary/aromatic N) is 1. The number of anilines is 1. The molecular weight excluding hydrogens is 292 g/mol. The van der Waals surface area contributed by atoms with Crippen molar-refractivity contribution in [2.75, 3.05) is 25.0 Å². The van der Waals surface area contributed by atoms with Crippen molar-refractivity contribution in [3.63, 3.8) is 0 Å². The van der Waals surface area contributed by atoms with Crippen LogP contribution in [0.4, 0.5) is 10.5 Å². The van der Waals surface area contributed by atoms with Gasteiger partial charge in [-0.2, -0.15) is 0 Å². The number of aryl methyl sites for hydroxylation is 3. The van der Waals surface area contributed by atoms with Crippen LogP contribution in [-0.4, -0.2) is 36.6 Å². The van der Waals surface area contributed by atoms with Gasteiger partial charge in [0.1, 0.15) is 0 Å². The summed E-state index contributed by atoms with van der Waals surface area (Å²) in [4.78, 5) is 25.9. The third kappa shape index (κ3) is 4.24. The van der Waals surface area contributed by atoms with Gasteiger partial charge >= 0.3 is 6.09 Å². The number of hydrogen-bond donors (Lipinski definition) is 1. The second-order valence-electron chi connectivity index (χ2n) is 6.22. The lowest BCUT2D eigenvalue weighted by Gasteiger charge is -2.30. The summed E-state index contributed by atoms with van der Waals surface area (Å²) in [6, 6.07) is 4.15. The zero-order chi connectivity index (χ0) is 17.0. The predicted octanol–water partition coefficient (Wildman–Crippen LogP) is 3.42. The second-order valence-corrected chi connectivity index (χ2v) is 6.22. The van der Waals surface area contributed by atoms with E-state index in [4.69, 9.17) is 4.74 Å². The van der Waals surface area contributed by atoms with Crippen LogP contribution in [0.1, 0.15) is 36.5 Å². The zero-order valence-electron chi connectivity index (χ0n) is 14.4. The molecule has 1 heterocycles. The van der Waals surface area contributed by atoms with Crippen molar-refractivity contribution < 1.29 is 14.3 Å². The molecule has 0 atom stereocenters. The summed E-state index contributed by atoms with van der Waals surface area (Å²) in [5, 5.41) is 3.07. The molecule has 126 valence electrons. The predicted molar refractivity (Wildman–Crippen MR) is 90.6 cm³/mol. The van der Waals surface area contributed by atoms with Crippen LogP contribution in [0, 0.1) is 26.7 Å². The number of amides is 2.